The van der Waals surface area contributed by atoms with Gasteiger partial charge in [-0.15, -0.1) is 13.2 Å². The summed E-state index contributed by atoms with van der Waals surface area (Å²) in [5.41, 5.74) is 0. The second-order valence-corrected chi connectivity index (χ2v) is 2.38. The van der Waals surface area contributed by atoms with E-state index in [0.29, 0.717) is 6.26 Å². The highest BCUT2D eigenvalue weighted by Crippen LogP contribution is 2.17. The summed E-state index contributed by atoms with van der Waals surface area (Å²) in [5.74, 6) is 0. The van der Waals surface area contributed by atoms with Crippen molar-refractivity contribution >= 4 is 11.6 Å². The van der Waals surface area contributed by atoms with Gasteiger partial charge in [0.15, 0.2) is 0 Å². The average Bonchev–Trinajstić information content (AvgIpc) is 1.98. The molecule has 0 N–H and O–H groups in total. The number of ether oxygens (including phenoxy) is 1. The zero-order valence-electron chi connectivity index (χ0n) is 6.81. The Labute approximate surface area is 79.1 Å². The molecule has 0 saturated heterocycles. The summed E-state index contributed by atoms with van der Waals surface area (Å²) in [6, 6.07) is 0. The van der Waals surface area contributed by atoms with Crippen molar-refractivity contribution in [1.82, 2.24) is 0 Å². The fourth-order valence-electron chi connectivity index (χ4n) is 0.420. The van der Waals surface area contributed by atoms with E-state index in [0.717, 1.165) is 6.08 Å². The summed E-state index contributed by atoms with van der Waals surface area (Å²) >= 11 is 5.46. The van der Waals surface area contributed by atoms with Gasteiger partial charge in [-0.1, -0.05) is 23.8 Å². The summed E-state index contributed by atoms with van der Waals surface area (Å²) < 4.78 is 37.6. The summed E-state index contributed by atoms with van der Waals surface area (Å²) in [6.45, 7) is 1.76. The van der Waals surface area contributed by atoms with Gasteiger partial charge in [-0.2, -0.15) is 0 Å². The molecule has 0 amide bonds. The van der Waals surface area contributed by atoms with Crippen molar-refractivity contribution in [3.63, 3.8) is 0 Å². The third kappa shape index (κ3) is 9.01. The number of rotatable bonds is 3. The summed E-state index contributed by atoms with van der Waals surface area (Å²) in [5, 5.41) is 0.155. The van der Waals surface area contributed by atoms with Crippen LogP contribution in [0.1, 0.15) is 6.92 Å². The van der Waals surface area contributed by atoms with Crippen LogP contribution in [0.2, 0.25) is 0 Å². The van der Waals surface area contributed by atoms with Gasteiger partial charge in [0, 0.05) is 5.03 Å². The third-order valence-electron chi connectivity index (χ3n) is 0.877. The molecular formula is C8H8ClF3O. The molecule has 0 bridgehead atoms. The first-order valence-corrected chi connectivity index (χ1v) is 3.73. The van der Waals surface area contributed by atoms with Gasteiger partial charge >= 0.3 is 6.36 Å². The molecule has 0 radical (unpaired) electrons. The predicted octanol–water partition coefficient (Wildman–Crippen LogP) is 3.74. The molecule has 13 heavy (non-hydrogen) atoms. The van der Waals surface area contributed by atoms with Crippen LogP contribution in [0.3, 0.4) is 0 Å². The minimum Gasteiger partial charge on any atom is -0.414 e. The molecule has 0 aromatic rings. The van der Waals surface area contributed by atoms with Gasteiger partial charge in [-0.25, -0.2) is 0 Å². The minimum atomic E-state index is -4.66. The van der Waals surface area contributed by atoms with E-state index in [1.807, 2.05) is 0 Å². The van der Waals surface area contributed by atoms with Gasteiger partial charge in [-0.05, 0) is 19.1 Å². The van der Waals surface area contributed by atoms with Gasteiger partial charge in [0.1, 0.15) is 0 Å². The number of hydrogen-bond acceptors (Lipinski definition) is 1. The van der Waals surface area contributed by atoms with E-state index in [1.54, 1.807) is 19.1 Å². The summed E-state index contributed by atoms with van der Waals surface area (Å²) in [6.07, 6.45) is 1.57. The zero-order chi connectivity index (χ0) is 10.3. The third-order valence-corrected chi connectivity index (χ3v) is 1.13. The smallest absolute Gasteiger partial charge is 0.414 e. The topological polar surface area (TPSA) is 9.23 Å². The first-order valence-electron chi connectivity index (χ1n) is 3.35. The second kappa shape index (κ2) is 5.70. The van der Waals surface area contributed by atoms with Crippen molar-refractivity contribution in [3.05, 3.63) is 35.6 Å². The molecule has 74 valence electrons. The molecule has 0 saturated carbocycles. The largest absolute Gasteiger partial charge is 0.572 e. The lowest BCUT2D eigenvalue weighted by Crippen LogP contribution is -2.08. The van der Waals surface area contributed by atoms with Crippen LogP contribution in [-0.2, 0) is 4.74 Å². The molecule has 1 nitrogen and oxygen atoms in total. The molecule has 0 heterocycles. The van der Waals surface area contributed by atoms with Gasteiger partial charge in [-0.3, -0.25) is 0 Å². The number of halogens is 4. The number of allylic oxidation sites excluding steroid dienone is 5. The van der Waals surface area contributed by atoms with Crippen molar-refractivity contribution in [2.24, 2.45) is 0 Å². The number of alkyl halides is 3. The van der Waals surface area contributed by atoms with Gasteiger partial charge < -0.3 is 4.74 Å². The summed E-state index contributed by atoms with van der Waals surface area (Å²) in [7, 11) is 0. The SMILES string of the molecule is C\C=C/C=C(Cl)\C=C\OC(F)(F)F. The van der Waals surface area contributed by atoms with Crippen molar-refractivity contribution in [1.29, 1.82) is 0 Å². The van der Waals surface area contributed by atoms with Crippen LogP contribution < -0.4 is 0 Å². The van der Waals surface area contributed by atoms with E-state index < -0.39 is 6.36 Å². The average molecular weight is 213 g/mol. The molecule has 0 spiro atoms. The minimum absolute atomic E-state index is 0.155. The number of hydrogen-bond donors (Lipinski definition) is 0. The molecule has 0 fully saturated rings. The van der Waals surface area contributed by atoms with Crippen molar-refractivity contribution in [2.45, 2.75) is 13.3 Å². The molecule has 0 aliphatic heterocycles. The van der Waals surface area contributed by atoms with E-state index in [9.17, 15) is 13.2 Å². The van der Waals surface area contributed by atoms with Crippen molar-refractivity contribution < 1.29 is 17.9 Å². The van der Waals surface area contributed by atoms with Gasteiger partial charge in [0.2, 0.25) is 0 Å². The molecule has 0 aliphatic carbocycles. The van der Waals surface area contributed by atoms with Crippen LogP contribution in [-0.4, -0.2) is 6.36 Å². The Morgan fingerprint density at radius 2 is 2.00 bits per heavy atom. The Morgan fingerprint density at radius 1 is 1.38 bits per heavy atom. The monoisotopic (exact) mass is 212 g/mol. The molecule has 0 aliphatic rings. The second-order valence-electron chi connectivity index (χ2n) is 1.94. The maximum atomic E-state index is 11.4. The van der Waals surface area contributed by atoms with Crippen LogP contribution in [0, 0.1) is 0 Å². The van der Waals surface area contributed by atoms with Gasteiger partial charge in [0.05, 0.1) is 6.26 Å². The maximum absolute atomic E-state index is 11.4. The van der Waals surface area contributed by atoms with E-state index in [-0.39, 0.29) is 5.03 Å². The Bertz CT molecular complexity index is 228. The van der Waals surface area contributed by atoms with E-state index in [4.69, 9.17) is 11.6 Å². The molecule has 0 atom stereocenters. The van der Waals surface area contributed by atoms with Crippen molar-refractivity contribution in [3.8, 4) is 0 Å². The molecular weight excluding hydrogens is 205 g/mol. The first kappa shape index (κ1) is 12.1. The highest BCUT2D eigenvalue weighted by molar-refractivity contribution is 6.31. The maximum Gasteiger partial charge on any atom is 0.572 e. The lowest BCUT2D eigenvalue weighted by atomic mass is 10.4. The normalized spacial score (nSPS) is 14.4. The highest BCUT2D eigenvalue weighted by atomic mass is 35.5. The molecule has 0 aromatic heterocycles. The van der Waals surface area contributed by atoms with E-state index in [1.165, 1.54) is 6.08 Å². The fraction of sp³-hybridized carbons (Fsp3) is 0.250. The Kier molecular flexibility index (Phi) is 5.30. The standard InChI is InChI=1S/C8H8ClF3O/c1-2-3-4-7(9)5-6-13-8(10,11)12/h2-6H,1H3/b3-2-,6-5+,7-4+. The van der Waals surface area contributed by atoms with Gasteiger partial charge in [0.25, 0.3) is 0 Å². The van der Waals surface area contributed by atoms with Crippen LogP contribution in [0.4, 0.5) is 13.2 Å². The summed E-state index contributed by atoms with van der Waals surface area (Å²) in [4.78, 5) is 0. The Balaban J connectivity index is 3.99. The van der Waals surface area contributed by atoms with Crippen LogP contribution in [0.5, 0.6) is 0 Å². The lowest BCUT2D eigenvalue weighted by Gasteiger charge is -2.01. The van der Waals surface area contributed by atoms with Crippen LogP contribution in [0.15, 0.2) is 35.6 Å². The molecule has 0 rings (SSSR count). The predicted molar refractivity (Wildman–Crippen MR) is 45.0 cm³/mol. The lowest BCUT2D eigenvalue weighted by molar-refractivity contribution is -0.298. The van der Waals surface area contributed by atoms with Crippen LogP contribution in [0.25, 0.3) is 0 Å². The van der Waals surface area contributed by atoms with Crippen molar-refractivity contribution in [2.75, 3.05) is 0 Å². The quantitative estimate of drug-likeness (QED) is 0.512. The zero-order valence-corrected chi connectivity index (χ0v) is 7.56. The van der Waals surface area contributed by atoms with E-state index >= 15 is 0 Å². The Morgan fingerprint density at radius 3 is 2.46 bits per heavy atom. The molecule has 0 unspecified atom stereocenters. The molecule has 5 heteroatoms. The van der Waals surface area contributed by atoms with Crippen LogP contribution >= 0.6 is 11.6 Å². The highest BCUT2D eigenvalue weighted by Gasteiger charge is 2.28. The fourth-order valence-corrected chi connectivity index (χ4v) is 0.544. The van der Waals surface area contributed by atoms with E-state index in [2.05, 4.69) is 4.74 Å². The molecule has 0 aromatic carbocycles. The Hall–Kier alpha value is -0.900. The first-order chi connectivity index (χ1) is 5.95.